The Hall–Kier alpha value is -2.86. The average molecular weight is 400 g/mol. The van der Waals surface area contributed by atoms with Crippen LogP contribution >= 0.6 is 11.6 Å². The molecule has 0 unspecified atom stereocenters. The minimum absolute atomic E-state index is 0.292. The van der Waals surface area contributed by atoms with Crippen LogP contribution in [0.5, 0.6) is 0 Å². The maximum absolute atomic E-state index is 12.7. The number of urea groups is 1. The molecule has 4 amide bonds. The fourth-order valence-corrected chi connectivity index (χ4v) is 3.36. The lowest BCUT2D eigenvalue weighted by molar-refractivity contribution is -0.131. The zero-order chi connectivity index (χ0) is 20.3. The summed E-state index contributed by atoms with van der Waals surface area (Å²) in [5.41, 5.74) is 2.70. The first-order valence-electron chi connectivity index (χ1n) is 9.09. The standard InChI is InChI=1S/C21H22ClN3O3/c1-14-6-8-18(9-7-14)25-15(2)20(27)24(21(25)28)13-19(26)23-11-10-16-4-3-5-17(22)12-16/h3-9,12,15H,10-11,13H2,1-2H3,(H,23,26)/t15-/m1/s1. The summed E-state index contributed by atoms with van der Waals surface area (Å²) < 4.78 is 0. The van der Waals surface area contributed by atoms with Crippen LogP contribution in [0.4, 0.5) is 10.5 Å². The molecule has 146 valence electrons. The van der Waals surface area contributed by atoms with Crippen molar-refractivity contribution in [2.24, 2.45) is 0 Å². The molecular weight excluding hydrogens is 378 g/mol. The van der Waals surface area contributed by atoms with Gasteiger partial charge in [-0.2, -0.15) is 0 Å². The lowest BCUT2D eigenvalue weighted by atomic mass is 10.1. The molecule has 6 nitrogen and oxygen atoms in total. The highest BCUT2D eigenvalue weighted by atomic mass is 35.5. The van der Waals surface area contributed by atoms with Gasteiger partial charge in [0.05, 0.1) is 0 Å². The van der Waals surface area contributed by atoms with Gasteiger partial charge in [-0.15, -0.1) is 0 Å². The second-order valence-corrected chi connectivity index (χ2v) is 7.25. The van der Waals surface area contributed by atoms with Crippen LogP contribution in [0.1, 0.15) is 18.1 Å². The molecule has 3 rings (SSSR count). The predicted molar refractivity (Wildman–Crippen MR) is 108 cm³/mol. The highest BCUT2D eigenvalue weighted by Crippen LogP contribution is 2.25. The molecule has 1 heterocycles. The first kappa shape index (κ1) is 19.9. The number of halogens is 1. The molecule has 28 heavy (non-hydrogen) atoms. The number of aryl methyl sites for hydroxylation is 1. The Balaban J connectivity index is 1.58. The number of carbonyl (C=O) groups is 3. The third kappa shape index (κ3) is 4.34. The third-order valence-electron chi connectivity index (χ3n) is 4.69. The summed E-state index contributed by atoms with van der Waals surface area (Å²) in [6, 6.07) is 13.6. The van der Waals surface area contributed by atoms with Gasteiger partial charge in [0.1, 0.15) is 12.6 Å². The second-order valence-electron chi connectivity index (χ2n) is 6.82. The zero-order valence-corrected chi connectivity index (χ0v) is 16.6. The number of rotatable bonds is 6. The molecular formula is C21H22ClN3O3. The van der Waals surface area contributed by atoms with E-state index in [-0.39, 0.29) is 18.4 Å². The number of imide groups is 1. The molecule has 2 aromatic carbocycles. The number of amides is 4. The first-order chi connectivity index (χ1) is 13.4. The molecule has 0 aliphatic carbocycles. The van der Waals surface area contributed by atoms with E-state index in [9.17, 15) is 14.4 Å². The average Bonchev–Trinajstić information content (AvgIpc) is 2.86. The summed E-state index contributed by atoms with van der Waals surface area (Å²) in [6.07, 6.45) is 0.611. The van der Waals surface area contributed by atoms with Crippen LogP contribution in [0, 0.1) is 6.92 Å². The number of benzene rings is 2. The smallest absolute Gasteiger partial charge is 0.332 e. The number of nitrogens with one attached hydrogen (secondary N) is 1. The maximum Gasteiger partial charge on any atom is 0.332 e. The fourth-order valence-electron chi connectivity index (χ4n) is 3.15. The quantitative estimate of drug-likeness (QED) is 0.758. The number of hydrogen-bond donors (Lipinski definition) is 1. The van der Waals surface area contributed by atoms with Crippen molar-refractivity contribution in [2.75, 3.05) is 18.0 Å². The molecule has 7 heteroatoms. The summed E-state index contributed by atoms with van der Waals surface area (Å²) in [4.78, 5) is 39.9. The monoisotopic (exact) mass is 399 g/mol. The van der Waals surface area contributed by atoms with Gasteiger partial charge < -0.3 is 5.32 Å². The Bertz CT molecular complexity index is 898. The topological polar surface area (TPSA) is 69.7 Å². The molecule has 1 saturated heterocycles. The largest absolute Gasteiger partial charge is 0.354 e. The lowest BCUT2D eigenvalue weighted by Gasteiger charge is -2.19. The van der Waals surface area contributed by atoms with Gasteiger partial charge >= 0.3 is 6.03 Å². The summed E-state index contributed by atoms with van der Waals surface area (Å²) in [6.45, 7) is 3.72. The van der Waals surface area contributed by atoms with Crippen LogP contribution < -0.4 is 10.2 Å². The third-order valence-corrected chi connectivity index (χ3v) is 4.92. The fraction of sp³-hybridized carbons (Fsp3) is 0.286. The van der Waals surface area contributed by atoms with Gasteiger partial charge in [-0.05, 0) is 50.1 Å². The molecule has 1 fully saturated rings. The van der Waals surface area contributed by atoms with Crippen molar-refractivity contribution in [1.82, 2.24) is 10.2 Å². The summed E-state index contributed by atoms with van der Waals surface area (Å²) in [5.74, 6) is -0.753. The van der Waals surface area contributed by atoms with E-state index in [2.05, 4.69) is 5.32 Å². The van der Waals surface area contributed by atoms with Crippen molar-refractivity contribution in [3.8, 4) is 0 Å². The van der Waals surface area contributed by atoms with Gasteiger partial charge in [0.2, 0.25) is 5.91 Å². The van der Waals surface area contributed by atoms with Crippen molar-refractivity contribution in [3.63, 3.8) is 0 Å². The SMILES string of the molecule is Cc1ccc(N2C(=O)N(CC(=O)NCCc3cccc(Cl)c3)C(=O)[C@H]2C)cc1. The van der Waals surface area contributed by atoms with Gasteiger partial charge in [-0.25, -0.2) is 4.79 Å². The van der Waals surface area contributed by atoms with Crippen LogP contribution in [0.2, 0.25) is 5.02 Å². The first-order valence-corrected chi connectivity index (χ1v) is 9.47. The second kappa shape index (κ2) is 8.44. The van der Waals surface area contributed by atoms with E-state index < -0.39 is 12.1 Å². The highest BCUT2D eigenvalue weighted by Gasteiger charge is 2.43. The van der Waals surface area contributed by atoms with E-state index in [0.717, 1.165) is 16.0 Å². The van der Waals surface area contributed by atoms with Crippen molar-refractivity contribution in [3.05, 3.63) is 64.7 Å². The molecule has 0 saturated carbocycles. The van der Waals surface area contributed by atoms with E-state index in [1.807, 2.05) is 37.3 Å². The molecule has 1 N–H and O–H groups in total. The van der Waals surface area contributed by atoms with Crippen molar-refractivity contribution < 1.29 is 14.4 Å². The molecule has 1 aliphatic heterocycles. The van der Waals surface area contributed by atoms with Crippen LogP contribution in [0.3, 0.4) is 0 Å². The number of hydrogen-bond acceptors (Lipinski definition) is 3. The molecule has 0 radical (unpaired) electrons. The minimum atomic E-state index is -0.644. The van der Waals surface area contributed by atoms with Gasteiger partial charge in [0.15, 0.2) is 0 Å². The molecule has 1 atom stereocenters. The van der Waals surface area contributed by atoms with Crippen LogP contribution in [0.15, 0.2) is 48.5 Å². The summed E-state index contributed by atoms with van der Waals surface area (Å²) >= 11 is 5.94. The van der Waals surface area contributed by atoms with E-state index >= 15 is 0 Å². The molecule has 0 spiro atoms. The van der Waals surface area contributed by atoms with E-state index in [4.69, 9.17) is 11.6 Å². The molecule has 0 aromatic heterocycles. The van der Waals surface area contributed by atoms with Gasteiger partial charge in [0, 0.05) is 17.3 Å². The van der Waals surface area contributed by atoms with Gasteiger partial charge in [-0.1, -0.05) is 41.4 Å². The molecule has 0 bridgehead atoms. The lowest BCUT2D eigenvalue weighted by Crippen LogP contribution is -2.42. The number of carbonyl (C=O) groups excluding carboxylic acids is 3. The van der Waals surface area contributed by atoms with Crippen molar-refractivity contribution >= 4 is 35.1 Å². The Morgan fingerprint density at radius 3 is 2.54 bits per heavy atom. The van der Waals surface area contributed by atoms with E-state index in [1.165, 1.54) is 4.90 Å². The Kier molecular flexibility index (Phi) is 5.99. The van der Waals surface area contributed by atoms with Crippen LogP contribution in [-0.4, -0.2) is 41.9 Å². The summed E-state index contributed by atoms with van der Waals surface area (Å²) in [7, 11) is 0. The van der Waals surface area contributed by atoms with E-state index in [0.29, 0.717) is 23.7 Å². The van der Waals surface area contributed by atoms with E-state index in [1.54, 1.807) is 25.1 Å². The van der Waals surface area contributed by atoms with Crippen LogP contribution in [-0.2, 0) is 16.0 Å². The normalized spacial score (nSPS) is 16.6. The minimum Gasteiger partial charge on any atom is -0.354 e. The predicted octanol–water partition coefficient (Wildman–Crippen LogP) is 3.16. The van der Waals surface area contributed by atoms with Gasteiger partial charge in [0.25, 0.3) is 5.91 Å². The zero-order valence-electron chi connectivity index (χ0n) is 15.8. The molecule has 1 aliphatic rings. The van der Waals surface area contributed by atoms with Gasteiger partial charge in [-0.3, -0.25) is 19.4 Å². The molecule has 2 aromatic rings. The summed E-state index contributed by atoms with van der Waals surface area (Å²) in [5, 5.41) is 3.39. The highest BCUT2D eigenvalue weighted by molar-refractivity contribution is 6.30. The Morgan fingerprint density at radius 1 is 1.14 bits per heavy atom. The van der Waals surface area contributed by atoms with Crippen LogP contribution in [0.25, 0.3) is 0 Å². The van der Waals surface area contributed by atoms with Crippen molar-refractivity contribution in [2.45, 2.75) is 26.3 Å². The Labute approximate surface area is 169 Å². The number of nitrogens with zero attached hydrogens (tertiary/aromatic N) is 2. The maximum atomic E-state index is 12.7. The van der Waals surface area contributed by atoms with Crippen molar-refractivity contribution in [1.29, 1.82) is 0 Å². The Morgan fingerprint density at radius 2 is 1.86 bits per heavy atom. The number of anilines is 1.